The Bertz CT molecular complexity index is 544. The highest BCUT2D eigenvalue weighted by Gasteiger charge is 2.10. The van der Waals surface area contributed by atoms with E-state index in [1.807, 2.05) is 19.1 Å². The normalized spacial score (nSPS) is 10.4. The minimum Gasteiger partial charge on any atom is -0.480 e. The largest absolute Gasteiger partial charge is 0.480 e. The van der Waals surface area contributed by atoms with Crippen LogP contribution in [0.1, 0.15) is 12.5 Å². The first-order chi connectivity index (χ1) is 9.93. The molecule has 1 aromatic rings. The summed E-state index contributed by atoms with van der Waals surface area (Å²) in [4.78, 5) is 10.5. The summed E-state index contributed by atoms with van der Waals surface area (Å²) >= 11 is 9.17. The minimum absolute atomic E-state index is 0.363. The molecule has 0 bridgehead atoms. The van der Waals surface area contributed by atoms with E-state index < -0.39 is 5.97 Å². The molecule has 0 spiro atoms. The summed E-state index contributed by atoms with van der Waals surface area (Å²) < 4.78 is 6.89. The second kappa shape index (κ2) is 9.35. The lowest BCUT2D eigenvalue weighted by molar-refractivity contribution is -0.139. The molecule has 9 heteroatoms. The molecule has 0 atom stereocenters. The van der Waals surface area contributed by atoms with E-state index in [9.17, 15) is 4.79 Å². The van der Waals surface area contributed by atoms with Crippen molar-refractivity contribution >= 4 is 74.7 Å². The molecule has 0 aliphatic heterocycles. The number of hydrazone groups is 1. The number of carbonyl (C=O) groups is 1. The Morgan fingerprint density at radius 3 is 2.62 bits per heavy atom. The van der Waals surface area contributed by atoms with Crippen molar-refractivity contribution in [3.05, 3.63) is 24.8 Å². The molecule has 0 amide bonds. The monoisotopic (exact) mass is 533 g/mol. The molecule has 0 aliphatic rings. The number of rotatable bonds is 6. The smallest absolute Gasteiger partial charge is 0.341 e. The Hall–Kier alpha value is -0.690. The maximum atomic E-state index is 10.5. The first kappa shape index (κ1) is 18.4. The summed E-state index contributed by atoms with van der Waals surface area (Å²) in [6.07, 6.45) is 1.63. The van der Waals surface area contributed by atoms with Gasteiger partial charge in [0.25, 0.3) is 0 Å². The standard InChI is InChI=1S/C12H13I2N3O3S/c1-2-15-12(21)17-16-5-7-3-8(13)11(9(14)4-7)20-6-10(18)19/h3-5H,2,6H2,1H3,(H,18,19)(H2,15,17,21)/b16-5-. The highest BCUT2D eigenvalue weighted by molar-refractivity contribution is 14.1. The van der Waals surface area contributed by atoms with Gasteiger partial charge in [0, 0.05) is 6.54 Å². The summed E-state index contributed by atoms with van der Waals surface area (Å²) in [5, 5.41) is 16.0. The molecule has 0 saturated heterocycles. The highest BCUT2D eigenvalue weighted by Crippen LogP contribution is 2.28. The molecule has 6 nitrogen and oxygen atoms in total. The molecule has 1 rings (SSSR count). The van der Waals surface area contributed by atoms with Crippen LogP contribution in [0.3, 0.4) is 0 Å². The number of benzene rings is 1. The number of ether oxygens (including phenoxy) is 1. The van der Waals surface area contributed by atoms with E-state index in [2.05, 4.69) is 61.0 Å². The van der Waals surface area contributed by atoms with Crippen LogP contribution >= 0.6 is 57.4 Å². The molecule has 0 fully saturated rings. The predicted molar refractivity (Wildman–Crippen MR) is 102 cm³/mol. The van der Waals surface area contributed by atoms with Crippen molar-refractivity contribution in [1.82, 2.24) is 10.7 Å². The summed E-state index contributed by atoms with van der Waals surface area (Å²) in [5.41, 5.74) is 3.56. The van der Waals surface area contributed by atoms with Gasteiger partial charge in [0.1, 0.15) is 5.75 Å². The lowest BCUT2D eigenvalue weighted by atomic mass is 10.2. The summed E-state index contributed by atoms with van der Waals surface area (Å²) in [7, 11) is 0. The van der Waals surface area contributed by atoms with E-state index >= 15 is 0 Å². The van der Waals surface area contributed by atoms with E-state index in [4.69, 9.17) is 22.1 Å². The van der Waals surface area contributed by atoms with Gasteiger partial charge in [-0.05, 0) is 82.0 Å². The van der Waals surface area contributed by atoms with Crippen LogP contribution in [-0.2, 0) is 4.79 Å². The van der Waals surface area contributed by atoms with Crippen molar-refractivity contribution < 1.29 is 14.6 Å². The first-order valence-corrected chi connectivity index (χ1v) is 8.41. The van der Waals surface area contributed by atoms with Crippen LogP contribution in [0.2, 0.25) is 0 Å². The summed E-state index contributed by atoms with van der Waals surface area (Å²) in [6.45, 7) is 2.31. The van der Waals surface area contributed by atoms with Gasteiger partial charge >= 0.3 is 5.97 Å². The Balaban J connectivity index is 2.76. The van der Waals surface area contributed by atoms with E-state index in [1.165, 1.54) is 0 Å². The fourth-order valence-corrected chi connectivity index (χ4v) is 3.62. The van der Waals surface area contributed by atoms with E-state index in [1.54, 1.807) is 6.21 Å². The van der Waals surface area contributed by atoms with Gasteiger partial charge in [-0.2, -0.15) is 5.10 Å². The molecule has 3 N–H and O–H groups in total. The van der Waals surface area contributed by atoms with Crippen molar-refractivity contribution in [2.45, 2.75) is 6.92 Å². The van der Waals surface area contributed by atoms with E-state index in [0.717, 1.165) is 19.2 Å². The molecule has 0 unspecified atom stereocenters. The van der Waals surface area contributed by atoms with E-state index in [-0.39, 0.29) is 6.61 Å². The number of hydrogen-bond donors (Lipinski definition) is 3. The third-order valence-corrected chi connectivity index (χ3v) is 3.92. The van der Waals surface area contributed by atoms with Gasteiger partial charge in [-0.1, -0.05) is 0 Å². The Morgan fingerprint density at radius 1 is 1.48 bits per heavy atom. The van der Waals surface area contributed by atoms with Gasteiger partial charge in [-0.15, -0.1) is 0 Å². The SMILES string of the molecule is CCNC(=S)N/N=C\c1cc(I)c(OCC(=O)O)c(I)c1. The Morgan fingerprint density at radius 2 is 2.10 bits per heavy atom. The third-order valence-electron chi connectivity index (χ3n) is 2.08. The number of thiocarbonyl (C=S) groups is 1. The third kappa shape index (κ3) is 6.74. The average molecular weight is 533 g/mol. The van der Waals surface area contributed by atoms with Crippen molar-refractivity contribution in [2.24, 2.45) is 5.10 Å². The number of carboxylic acids is 1. The Labute approximate surface area is 155 Å². The van der Waals surface area contributed by atoms with Gasteiger partial charge < -0.3 is 15.2 Å². The minimum atomic E-state index is -1.01. The zero-order valence-corrected chi connectivity index (χ0v) is 16.2. The topological polar surface area (TPSA) is 83.0 Å². The van der Waals surface area contributed by atoms with Gasteiger partial charge in [0.15, 0.2) is 11.7 Å². The summed E-state index contributed by atoms with van der Waals surface area (Å²) in [5.74, 6) is -0.444. The van der Waals surface area contributed by atoms with Gasteiger partial charge in [0.05, 0.1) is 13.4 Å². The number of halogens is 2. The van der Waals surface area contributed by atoms with Gasteiger partial charge in [0.2, 0.25) is 0 Å². The fourth-order valence-electron chi connectivity index (χ4n) is 1.29. The van der Waals surface area contributed by atoms with Crippen molar-refractivity contribution in [3.63, 3.8) is 0 Å². The second-order valence-electron chi connectivity index (χ2n) is 3.73. The average Bonchev–Trinajstić information content (AvgIpc) is 2.37. The Kier molecular flexibility index (Phi) is 8.18. The molecule has 0 radical (unpaired) electrons. The number of carboxylic acid groups (broad SMARTS) is 1. The fraction of sp³-hybridized carbons (Fsp3) is 0.250. The lowest BCUT2D eigenvalue weighted by Gasteiger charge is -2.09. The molecule has 0 aliphatic carbocycles. The molecular formula is C12H13I2N3O3S. The molecule has 0 heterocycles. The number of aliphatic carboxylic acids is 1. The van der Waals surface area contributed by atoms with Gasteiger partial charge in [-0.3, -0.25) is 5.43 Å². The second-order valence-corrected chi connectivity index (χ2v) is 6.46. The predicted octanol–water partition coefficient (Wildman–Crippen LogP) is 2.18. The highest BCUT2D eigenvalue weighted by atomic mass is 127. The maximum Gasteiger partial charge on any atom is 0.341 e. The van der Waals surface area contributed by atoms with Gasteiger partial charge in [-0.25, -0.2) is 4.79 Å². The van der Waals surface area contributed by atoms with Crippen LogP contribution in [0.25, 0.3) is 0 Å². The molecular weight excluding hydrogens is 520 g/mol. The molecule has 1 aromatic carbocycles. The van der Waals surface area contributed by atoms with Crippen molar-refractivity contribution in [2.75, 3.05) is 13.2 Å². The lowest BCUT2D eigenvalue weighted by Crippen LogP contribution is -2.31. The number of nitrogens with zero attached hydrogens (tertiary/aromatic N) is 1. The maximum absolute atomic E-state index is 10.5. The van der Waals surface area contributed by atoms with Crippen molar-refractivity contribution in [3.8, 4) is 5.75 Å². The zero-order chi connectivity index (χ0) is 15.8. The van der Waals surface area contributed by atoms with Crippen LogP contribution in [0.15, 0.2) is 17.2 Å². The van der Waals surface area contributed by atoms with Crippen LogP contribution in [-0.4, -0.2) is 35.6 Å². The van der Waals surface area contributed by atoms with E-state index in [0.29, 0.717) is 10.9 Å². The number of nitrogens with one attached hydrogen (secondary N) is 2. The first-order valence-electron chi connectivity index (χ1n) is 5.84. The molecule has 0 aromatic heterocycles. The quantitative estimate of drug-likeness (QED) is 0.225. The molecule has 21 heavy (non-hydrogen) atoms. The van der Waals surface area contributed by atoms with Crippen molar-refractivity contribution in [1.29, 1.82) is 0 Å². The van der Waals surface area contributed by atoms with Crippen LogP contribution in [0.4, 0.5) is 0 Å². The zero-order valence-electron chi connectivity index (χ0n) is 11.0. The number of hydrogen-bond acceptors (Lipinski definition) is 4. The van der Waals surface area contributed by atoms with Crippen LogP contribution < -0.4 is 15.5 Å². The van der Waals surface area contributed by atoms with Crippen LogP contribution in [0.5, 0.6) is 5.75 Å². The summed E-state index contributed by atoms with van der Waals surface area (Å²) in [6, 6.07) is 3.70. The molecule has 0 saturated carbocycles. The molecule has 114 valence electrons. The van der Waals surface area contributed by atoms with Crippen LogP contribution in [0, 0.1) is 7.14 Å².